The van der Waals surface area contributed by atoms with Crippen LogP contribution in [0.4, 0.5) is 5.69 Å². The molecule has 0 bridgehead atoms. The van der Waals surface area contributed by atoms with Crippen LogP contribution >= 0.6 is 0 Å². The number of carbonyl (C=O) groups is 1. The van der Waals surface area contributed by atoms with Crippen molar-refractivity contribution < 1.29 is 4.79 Å². The van der Waals surface area contributed by atoms with Gasteiger partial charge < -0.3 is 5.32 Å². The molecule has 1 amide bonds. The zero-order valence-corrected chi connectivity index (χ0v) is 10.9. The summed E-state index contributed by atoms with van der Waals surface area (Å²) in [6, 6.07) is 6.27. The van der Waals surface area contributed by atoms with Crippen molar-refractivity contribution in [3.8, 4) is 0 Å². The predicted octanol–water partition coefficient (Wildman–Crippen LogP) is 2.76. The average Bonchev–Trinajstić information content (AvgIpc) is 3.11. The molecule has 3 nitrogen and oxygen atoms in total. The number of amides is 1. The van der Waals surface area contributed by atoms with Gasteiger partial charge in [0.1, 0.15) is 0 Å². The number of benzene rings is 1. The van der Waals surface area contributed by atoms with Gasteiger partial charge in [-0.15, -0.1) is 0 Å². The van der Waals surface area contributed by atoms with E-state index in [0.29, 0.717) is 0 Å². The Bertz CT molecular complexity index is 466. The third kappa shape index (κ3) is 2.27. The lowest BCUT2D eigenvalue weighted by atomic mass is 10.1. The van der Waals surface area contributed by atoms with E-state index in [-0.39, 0.29) is 11.8 Å². The van der Waals surface area contributed by atoms with Gasteiger partial charge in [-0.3, -0.25) is 9.69 Å². The second-order valence-corrected chi connectivity index (χ2v) is 5.42. The number of nitrogens with one attached hydrogen (secondary N) is 1. The van der Waals surface area contributed by atoms with Crippen LogP contribution in [0.2, 0.25) is 0 Å². The molecule has 1 aromatic carbocycles. The summed E-state index contributed by atoms with van der Waals surface area (Å²) >= 11 is 0. The average molecular weight is 244 g/mol. The summed E-state index contributed by atoms with van der Waals surface area (Å²) in [6.45, 7) is 5.34. The first-order valence-corrected chi connectivity index (χ1v) is 6.92. The van der Waals surface area contributed by atoms with Gasteiger partial charge in [0.25, 0.3) is 0 Å². The van der Waals surface area contributed by atoms with Crippen LogP contribution < -0.4 is 5.32 Å². The Morgan fingerprint density at radius 3 is 2.94 bits per heavy atom. The molecule has 0 spiro atoms. The van der Waals surface area contributed by atoms with E-state index in [2.05, 4.69) is 29.3 Å². The van der Waals surface area contributed by atoms with Gasteiger partial charge in [0.05, 0.1) is 0 Å². The molecule has 0 saturated heterocycles. The maximum absolute atomic E-state index is 11.9. The molecule has 1 N–H and O–H groups in total. The number of fused-ring (bicyclic) bond motifs is 1. The molecule has 1 fully saturated rings. The molecular weight excluding hydrogens is 224 g/mol. The lowest BCUT2D eigenvalue weighted by Crippen LogP contribution is -2.18. The zero-order valence-electron chi connectivity index (χ0n) is 10.9. The summed E-state index contributed by atoms with van der Waals surface area (Å²) in [6.07, 6.45) is 3.30. The van der Waals surface area contributed by atoms with Crippen molar-refractivity contribution >= 4 is 11.6 Å². The van der Waals surface area contributed by atoms with Crippen molar-refractivity contribution in [3.05, 3.63) is 29.3 Å². The van der Waals surface area contributed by atoms with Gasteiger partial charge in [-0.05, 0) is 43.0 Å². The number of nitrogens with zero attached hydrogens (tertiary/aromatic N) is 1. The monoisotopic (exact) mass is 244 g/mol. The summed E-state index contributed by atoms with van der Waals surface area (Å²) in [4.78, 5) is 14.3. The van der Waals surface area contributed by atoms with Crippen LogP contribution in [0.25, 0.3) is 0 Å². The van der Waals surface area contributed by atoms with Gasteiger partial charge in [0.2, 0.25) is 5.91 Å². The topological polar surface area (TPSA) is 32.3 Å². The minimum absolute atomic E-state index is 0.206. The number of carbonyl (C=O) groups excluding carboxylic acids is 1. The van der Waals surface area contributed by atoms with E-state index in [1.165, 1.54) is 17.5 Å². The Labute approximate surface area is 108 Å². The smallest absolute Gasteiger partial charge is 0.227 e. The summed E-state index contributed by atoms with van der Waals surface area (Å²) in [5, 5.41) is 3.10. The molecule has 0 aromatic heterocycles. The van der Waals surface area contributed by atoms with Crippen molar-refractivity contribution in [1.29, 1.82) is 0 Å². The summed E-state index contributed by atoms with van der Waals surface area (Å²) in [5.41, 5.74) is 3.72. The second-order valence-electron chi connectivity index (χ2n) is 5.42. The van der Waals surface area contributed by atoms with Crippen LogP contribution in [0, 0.1) is 5.92 Å². The van der Waals surface area contributed by atoms with Gasteiger partial charge >= 0.3 is 0 Å². The Balaban J connectivity index is 1.76. The van der Waals surface area contributed by atoms with Crippen LogP contribution in [-0.2, 0) is 17.9 Å². The highest BCUT2D eigenvalue weighted by Gasteiger charge is 2.30. The zero-order chi connectivity index (χ0) is 12.5. The molecule has 1 heterocycles. The number of hydrogen-bond donors (Lipinski definition) is 1. The van der Waals surface area contributed by atoms with Crippen molar-refractivity contribution in [2.45, 2.75) is 39.3 Å². The maximum Gasteiger partial charge on any atom is 0.227 e. The third-order valence-electron chi connectivity index (χ3n) is 3.79. The Morgan fingerprint density at radius 1 is 1.39 bits per heavy atom. The fourth-order valence-electron chi connectivity index (χ4n) is 2.66. The maximum atomic E-state index is 11.9. The summed E-state index contributed by atoms with van der Waals surface area (Å²) < 4.78 is 0. The Morgan fingerprint density at radius 2 is 2.22 bits per heavy atom. The van der Waals surface area contributed by atoms with Crippen LogP contribution in [0.15, 0.2) is 18.2 Å². The van der Waals surface area contributed by atoms with Crippen LogP contribution in [0.3, 0.4) is 0 Å². The van der Waals surface area contributed by atoms with E-state index >= 15 is 0 Å². The van der Waals surface area contributed by atoms with Crippen LogP contribution in [0.5, 0.6) is 0 Å². The first-order chi connectivity index (χ1) is 8.78. The van der Waals surface area contributed by atoms with Crippen molar-refractivity contribution in [1.82, 2.24) is 4.90 Å². The Kier molecular flexibility index (Phi) is 3.08. The third-order valence-corrected chi connectivity index (χ3v) is 3.79. The lowest BCUT2D eigenvalue weighted by molar-refractivity contribution is -0.117. The van der Waals surface area contributed by atoms with Gasteiger partial charge in [-0.1, -0.05) is 19.1 Å². The quantitative estimate of drug-likeness (QED) is 0.883. The molecule has 1 aromatic rings. The predicted molar refractivity (Wildman–Crippen MR) is 72.2 cm³/mol. The highest BCUT2D eigenvalue weighted by atomic mass is 16.2. The second kappa shape index (κ2) is 4.73. The fraction of sp³-hybridized carbons (Fsp3) is 0.533. The van der Waals surface area contributed by atoms with Gasteiger partial charge in [-0.2, -0.15) is 0 Å². The molecule has 0 radical (unpaired) electrons. The molecule has 1 saturated carbocycles. The molecule has 96 valence electrons. The van der Waals surface area contributed by atoms with Gasteiger partial charge in [-0.25, -0.2) is 0 Å². The SMILES string of the molecule is CCCN1Cc2cccc(NC(=O)C3CC3)c2C1. The van der Waals surface area contributed by atoms with Crippen molar-refractivity contribution in [2.75, 3.05) is 11.9 Å². The standard InChI is InChI=1S/C15H20N2O/c1-2-8-17-9-12-4-3-5-14(13(12)10-17)16-15(18)11-6-7-11/h3-5,11H,2,6-10H2,1H3,(H,16,18). The van der Waals surface area contributed by atoms with Crippen molar-refractivity contribution in [2.24, 2.45) is 5.92 Å². The van der Waals surface area contributed by atoms with Crippen molar-refractivity contribution in [3.63, 3.8) is 0 Å². The van der Waals surface area contributed by atoms with E-state index in [1.807, 2.05) is 6.07 Å². The van der Waals surface area contributed by atoms with E-state index in [0.717, 1.165) is 38.2 Å². The number of anilines is 1. The molecular formula is C15H20N2O. The van der Waals surface area contributed by atoms with E-state index in [4.69, 9.17) is 0 Å². The lowest BCUT2D eigenvalue weighted by Gasteiger charge is -2.13. The normalized spacial score (nSPS) is 18.7. The molecule has 18 heavy (non-hydrogen) atoms. The molecule has 0 unspecified atom stereocenters. The number of hydrogen-bond acceptors (Lipinski definition) is 2. The summed E-state index contributed by atoms with van der Waals surface area (Å²) in [7, 11) is 0. The molecule has 2 aliphatic rings. The first-order valence-electron chi connectivity index (χ1n) is 6.92. The minimum atomic E-state index is 0.206. The van der Waals surface area contributed by atoms with E-state index < -0.39 is 0 Å². The molecule has 3 rings (SSSR count). The molecule has 3 heteroatoms. The van der Waals surface area contributed by atoms with E-state index in [1.54, 1.807) is 0 Å². The summed E-state index contributed by atoms with van der Waals surface area (Å²) in [5.74, 6) is 0.478. The minimum Gasteiger partial charge on any atom is -0.326 e. The highest BCUT2D eigenvalue weighted by Crippen LogP contribution is 2.33. The molecule has 0 atom stereocenters. The highest BCUT2D eigenvalue weighted by molar-refractivity contribution is 5.94. The fourth-order valence-corrected chi connectivity index (χ4v) is 2.66. The molecule has 1 aliphatic carbocycles. The largest absolute Gasteiger partial charge is 0.326 e. The number of rotatable bonds is 4. The van der Waals surface area contributed by atoms with Crippen LogP contribution in [0.1, 0.15) is 37.3 Å². The Hall–Kier alpha value is -1.35. The van der Waals surface area contributed by atoms with Gasteiger partial charge in [0.15, 0.2) is 0 Å². The first kappa shape index (κ1) is 11.7. The van der Waals surface area contributed by atoms with E-state index in [9.17, 15) is 4.79 Å². The molecule has 1 aliphatic heterocycles. The van der Waals surface area contributed by atoms with Crippen LogP contribution in [-0.4, -0.2) is 17.4 Å². The van der Waals surface area contributed by atoms with Gasteiger partial charge in [0, 0.05) is 24.7 Å².